The van der Waals surface area contributed by atoms with Gasteiger partial charge >= 0.3 is 5.97 Å². The molecular weight excluding hydrogens is 246 g/mol. The van der Waals surface area contributed by atoms with Gasteiger partial charge in [0.15, 0.2) is 0 Å². The summed E-state index contributed by atoms with van der Waals surface area (Å²) in [6.45, 7) is 4.30. The largest absolute Gasteiger partial charge is 0.463 e. The van der Waals surface area contributed by atoms with Crippen LogP contribution in [0.4, 0.5) is 5.82 Å². The van der Waals surface area contributed by atoms with Gasteiger partial charge in [-0.15, -0.1) is 0 Å². The lowest BCUT2D eigenvalue weighted by Crippen LogP contribution is -2.11. The number of H-pyrrole nitrogens is 1. The number of nitrogens with zero attached hydrogens (tertiary/aromatic N) is 3. The third-order valence-electron chi connectivity index (χ3n) is 2.60. The summed E-state index contributed by atoms with van der Waals surface area (Å²) >= 11 is 0. The van der Waals surface area contributed by atoms with Crippen molar-refractivity contribution in [2.45, 2.75) is 20.4 Å². The van der Waals surface area contributed by atoms with Crippen LogP contribution in [0.3, 0.4) is 0 Å². The van der Waals surface area contributed by atoms with Gasteiger partial charge in [0.2, 0.25) is 5.82 Å². The van der Waals surface area contributed by atoms with Gasteiger partial charge in [-0.1, -0.05) is 0 Å². The first kappa shape index (κ1) is 13.0. The Morgan fingerprint density at radius 3 is 2.84 bits per heavy atom. The first-order valence-corrected chi connectivity index (χ1v) is 5.77. The zero-order valence-corrected chi connectivity index (χ0v) is 11.0. The fraction of sp³-hybridized carbons (Fsp3) is 0.333. The molecule has 0 amide bonds. The van der Waals surface area contributed by atoms with Gasteiger partial charge in [-0.05, 0) is 19.4 Å². The minimum atomic E-state index is -0.551. The van der Waals surface area contributed by atoms with Gasteiger partial charge in [-0.2, -0.15) is 5.10 Å². The number of methoxy groups -OCH3 is 1. The lowest BCUT2D eigenvalue weighted by molar-refractivity contribution is 0.0586. The first-order valence-electron chi connectivity index (χ1n) is 5.77. The number of aromatic nitrogens is 4. The highest BCUT2D eigenvalue weighted by Gasteiger charge is 2.11. The van der Waals surface area contributed by atoms with E-state index >= 15 is 0 Å². The Morgan fingerprint density at radius 2 is 2.21 bits per heavy atom. The van der Waals surface area contributed by atoms with Gasteiger partial charge in [-0.25, -0.2) is 14.8 Å². The van der Waals surface area contributed by atoms with Crippen LogP contribution >= 0.6 is 0 Å². The SMILES string of the molecule is COC(=O)c1nc(C)cc(NCc2[nH]ncc2C)n1. The van der Waals surface area contributed by atoms with Crippen molar-refractivity contribution in [2.75, 3.05) is 12.4 Å². The van der Waals surface area contributed by atoms with Crippen LogP contribution < -0.4 is 5.32 Å². The van der Waals surface area contributed by atoms with E-state index in [1.807, 2.05) is 6.92 Å². The Labute approximate surface area is 110 Å². The molecule has 2 aromatic heterocycles. The van der Waals surface area contributed by atoms with Gasteiger partial charge < -0.3 is 10.1 Å². The molecule has 2 heterocycles. The Kier molecular flexibility index (Phi) is 3.74. The van der Waals surface area contributed by atoms with Crippen LogP contribution in [-0.2, 0) is 11.3 Å². The summed E-state index contributed by atoms with van der Waals surface area (Å²) in [5.41, 5.74) is 2.72. The monoisotopic (exact) mass is 261 g/mol. The van der Waals surface area contributed by atoms with Gasteiger partial charge in [0, 0.05) is 11.8 Å². The van der Waals surface area contributed by atoms with Crippen molar-refractivity contribution in [1.29, 1.82) is 0 Å². The summed E-state index contributed by atoms with van der Waals surface area (Å²) in [5.74, 6) is 0.0673. The second-order valence-electron chi connectivity index (χ2n) is 4.09. The van der Waals surface area contributed by atoms with Gasteiger partial charge in [-0.3, -0.25) is 5.10 Å². The van der Waals surface area contributed by atoms with Crippen molar-refractivity contribution >= 4 is 11.8 Å². The summed E-state index contributed by atoms with van der Waals surface area (Å²) < 4.78 is 4.61. The predicted octanol–water partition coefficient (Wildman–Crippen LogP) is 1.22. The standard InChI is InChI=1S/C12H15N5O2/c1-7-5-14-17-9(7)6-13-10-4-8(2)15-11(16-10)12(18)19-3/h4-5H,6H2,1-3H3,(H,14,17)(H,13,15,16). The third-order valence-corrected chi connectivity index (χ3v) is 2.60. The fourth-order valence-corrected chi connectivity index (χ4v) is 1.57. The molecule has 7 heteroatoms. The molecule has 19 heavy (non-hydrogen) atoms. The molecule has 2 N–H and O–H groups in total. The summed E-state index contributed by atoms with van der Waals surface area (Å²) in [5, 5.41) is 9.95. The Bertz CT molecular complexity index is 594. The Balaban J connectivity index is 2.14. The average molecular weight is 261 g/mol. The topological polar surface area (TPSA) is 92.8 Å². The molecule has 0 radical (unpaired) electrons. The van der Waals surface area contributed by atoms with Crippen LogP contribution in [0.5, 0.6) is 0 Å². The summed E-state index contributed by atoms with van der Waals surface area (Å²) in [7, 11) is 1.30. The molecule has 0 spiro atoms. The van der Waals surface area contributed by atoms with E-state index in [4.69, 9.17) is 0 Å². The van der Waals surface area contributed by atoms with Crippen LogP contribution in [0.2, 0.25) is 0 Å². The van der Waals surface area contributed by atoms with Crippen molar-refractivity contribution in [3.05, 3.63) is 35.0 Å². The van der Waals surface area contributed by atoms with E-state index in [0.717, 1.165) is 11.3 Å². The maximum Gasteiger partial charge on any atom is 0.376 e. The number of ether oxygens (including phenoxy) is 1. The quantitative estimate of drug-likeness (QED) is 0.804. The normalized spacial score (nSPS) is 10.3. The number of aromatic amines is 1. The van der Waals surface area contributed by atoms with Crippen molar-refractivity contribution in [3.63, 3.8) is 0 Å². The molecule has 0 fully saturated rings. The van der Waals surface area contributed by atoms with E-state index in [9.17, 15) is 4.79 Å². The van der Waals surface area contributed by atoms with Gasteiger partial charge in [0.1, 0.15) is 5.82 Å². The molecule has 0 bridgehead atoms. The smallest absolute Gasteiger partial charge is 0.376 e. The highest BCUT2D eigenvalue weighted by molar-refractivity contribution is 5.85. The molecule has 0 saturated carbocycles. The number of anilines is 1. The van der Waals surface area contributed by atoms with Crippen molar-refractivity contribution in [2.24, 2.45) is 0 Å². The fourth-order valence-electron chi connectivity index (χ4n) is 1.57. The molecule has 0 aliphatic rings. The number of rotatable bonds is 4. The molecule has 2 rings (SSSR count). The van der Waals surface area contributed by atoms with Crippen molar-refractivity contribution in [3.8, 4) is 0 Å². The molecule has 0 aromatic carbocycles. The second kappa shape index (κ2) is 5.47. The first-order chi connectivity index (χ1) is 9.10. The minimum absolute atomic E-state index is 0.0475. The zero-order valence-electron chi connectivity index (χ0n) is 11.0. The number of hydrogen-bond acceptors (Lipinski definition) is 6. The average Bonchev–Trinajstić information content (AvgIpc) is 2.80. The van der Waals surface area contributed by atoms with E-state index in [2.05, 4.69) is 30.2 Å². The van der Waals surface area contributed by atoms with E-state index in [1.165, 1.54) is 7.11 Å². The molecule has 0 saturated heterocycles. The Hall–Kier alpha value is -2.44. The molecule has 0 aliphatic carbocycles. The molecule has 0 atom stereocenters. The lowest BCUT2D eigenvalue weighted by Gasteiger charge is -2.07. The van der Waals surface area contributed by atoms with E-state index in [-0.39, 0.29) is 5.82 Å². The van der Waals surface area contributed by atoms with E-state index in [0.29, 0.717) is 18.1 Å². The van der Waals surface area contributed by atoms with Gasteiger partial charge in [0.25, 0.3) is 0 Å². The number of aryl methyl sites for hydroxylation is 2. The zero-order chi connectivity index (χ0) is 13.8. The maximum absolute atomic E-state index is 11.4. The Morgan fingerprint density at radius 1 is 1.42 bits per heavy atom. The van der Waals surface area contributed by atoms with E-state index in [1.54, 1.807) is 19.2 Å². The maximum atomic E-state index is 11.4. The van der Waals surface area contributed by atoms with Crippen LogP contribution in [0, 0.1) is 13.8 Å². The van der Waals surface area contributed by atoms with Gasteiger partial charge in [0.05, 0.1) is 25.5 Å². The molecular formula is C12H15N5O2. The number of nitrogens with one attached hydrogen (secondary N) is 2. The highest BCUT2D eigenvalue weighted by atomic mass is 16.5. The highest BCUT2D eigenvalue weighted by Crippen LogP contribution is 2.10. The predicted molar refractivity (Wildman–Crippen MR) is 68.8 cm³/mol. The lowest BCUT2D eigenvalue weighted by atomic mass is 10.3. The molecule has 2 aromatic rings. The van der Waals surface area contributed by atoms with Crippen molar-refractivity contribution < 1.29 is 9.53 Å². The summed E-state index contributed by atoms with van der Waals surface area (Å²) in [4.78, 5) is 19.5. The third kappa shape index (κ3) is 3.06. The number of carbonyl (C=O) groups is 1. The van der Waals surface area contributed by atoms with Crippen LogP contribution in [0.25, 0.3) is 0 Å². The minimum Gasteiger partial charge on any atom is -0.463 e. The second-order valence-corrected chi connectivity index (χ2v) is 4.09. The number of carbonyl (C=O) groups excluding carboxylic acids is 1. The van der Waals surface area contributed by atoms with Crippen LogP contribution in [-0.4, -0.2) is 33.2 Å². The number of esters is 1. The summed E-state index contributed by atoms with van der Waals surface area (Å²) in [6.07, 6.45) is 1.75. The number of hydrogen-bond donors (Lipinski definition) is 2. The summed E-state index contributed by atoms with van der Waals surface area (Å²) in [6, 6.07) is 1.76. The van der Waals surface area contributed by atoms with Crippen LogP contribution in [0.15, 0.2) is 12.3 Å². The van der Waals surface area contributed by atoms with Crippen LogP contribution in [0.1, 0.15) is 27.6 Å². The van der Waals surface area contributed by atoms with Crippen molar-refractivity contribution in [1.82, 2.24) is 20.2 Å². The molecule has 0 unspecified atom stereocenters. The molecule has 7 nitrogen and oxygen atoms in total. The molecule has 100 valence electrons. The van der Waals surface area contributed by atoms with E-state index < -0.39 is 5.97 Å². The molecule has 0 aliphatic heterocycles.